The molecule has 0 aromatic carbocycles. The molecule has 7 nitrogen and oxygen atoms in total. The summed E-state index contributed by atoms with van der Waals surface area (Å²) in [4.78, 5) is 6.75. The zero-order valence-electron chi connectivity index (χ0n) is 10.5. The lowest BCUT2D eigenvalue weighted by Gasteiger charge is -2.13. The molecule has 0 saturated carbocycles. The van der Waals surface area contributed by atoms with Crippen LogP contribution in [0, 0.1) is 11.3 Å². The van der Waals surface area contributed by atoms with Gasteiger partial charge in [-0.2, -0.15) is 5.26 Å². The first-order chi connectivity index (χ1) is 8.83. The normalized spacial score (nSPS) is 11.6. The van der Waals surface area contributed by atoms with Gasteiger partial charge in [0, 0.05) is 18.0 Å². The largest absolute Gasteiger partial charge is 0.332 e. The number of rotatable bonds is 8. The molecule has 96 valence electrons. The summed E-state index contributed by atoms with van der Waals surface area (Å²) in [7, 11) is 0. The first-order valence-electron chi connectivity index (χ1n) is 5.97. The fourth-order valence-electron chi connectivity index (χ4n) is 1.66. The van der Waals surface area contributed by atoms with Crippen molar-refractivity contribution in [2.45, 2.75) is 32.4 Å². The highest BCUT2D eigenvalue weighted by molar-refractivity contribution is 5.13. The second-order valence-electron chi connectivity index (χ2n) is 3.84. The third-order valence-corrected chi connectivity index (χ3v) is 2.48. The zero-order valence-corrected chi connectivity index (χ0v) is 10.5. The molecule has 0 aliphatic rings. The minimum atomic E-state index is -0.370. The minimum absolute atomic E-state index is 0.370. The van der Waals surface area contributed by atoms with E-state index in [1.807, 2.05) is 4.57 Å². The molecule has 0 aliphatic heterocycles. The van der Waals surface area contributed by atoms with Gasteiger partial charge >= 0.3 is 0 Å². The summed E-state index contributed by atoms with van der Waals surface area (Å²) in [6.07, 6.45) is 5.16. The summed E-state index contributed by atoms with van der Waals surface area (Å²) in [6.45, 7) is 4.01. The monoisotopic (exact) mass is 247 g/mol. The molecule has 0 aliphatic carbocycles. The Labute approximate surface area is 106 Å². The maximum Gasteiger partial charge on any atom is 0.138 e. The van der Waals surface area contributed by atoms with Crippen molar-refractivity contribution in [3.05, 3.63) is 28.7 Å². The van der Waals surface area contributed by atoms with Gasteiger partial charge in [0.25, 0.3) is 0 Å². The van der Waals surface area contributed by atoms with Crippen LogP contribution in [0.25, 0.3) is 10.4 Å². The predicted octanol–water partition coefficient (Wildman–Crippen LogP) is 2.15. The average molecular weight is 247 g/mol. The van der Waals surface area contributed by atoms with Gasteiger partial charge in [0.2, 0.25) is 0 Å². The molecule has 0 spiro atoms. The Morgan fingerprint density at radius 3 is 3.22 bits per heavy atom. The highest BCUT2D eigenvalue weighted by Gasteiger charge is 2.13. The standard InChI is InChI=1S/C11H17N7/c1-2-6-18-9-14-8-11(18)10(7-12)15-4-3-5-16-17-13/h8-10,15H,2-6H2,1H3. The summed E-state index contributed by atoms with van der Waals surface area (Å²) < 4.78 is 1.98. The third kappa shape index (κ3) is 4.09. The Morgan fingerprint density at radius 2 is 2.56 bits per heavy atom. The van der Waals surface area contributed by atoms with E-state index in [2.05, 4.69) is 33.3 Å². The van der Waals surface area contributed by atoms with Gasteiger partial charge in [-0.15, -0.1) is 0 Å². The lowest BCUT2D eigenvalue weighted by molar-refractivity contribution is 0.554. The number of nitrogens with one attached hydrogen (secondary N) is 1. The summed E-state index contributed by atoms with van der Waals surface area (Å²) in [5.74, 6) is 0. The van der Waals surface area contributed by atoms with E-state index >= 15 is 0 Å². The predicted molar refractivity (Wildman–Crippen MR) is 67.5 cm³/mol. The molecule has 0 radical (unpaired) electrons. The fourth-order valence-corrected chi connectivity index (χ4v) is 1.66. The fraction of sp³-hybridized carbons (Fsp3) is 0.636. The van der Waals surface area contributed by atoms with E-state index in [1.165, 1.54) is 0 Å². The first-order valence-corrected chi connectivity index (χ1v) is 5.97. The lowest BCUT2D eigenvalue weighted by atomic mass is 10.2. The van der Waals surface area contributed by atoms with E-state index < -0.39 is 0 Å². The first kappa shape index (κ1) is 14.0. The smallest absolute Gasteiger partial charge is 0.138 e. The highest BCUT2D eigenvalue weighted by atomic mass is 15.1. The van der Waals surface area contributed by atoms with E-state index in [-0.39, 0.29) is 6.04 Å². The summed E-state index contributed by atoms with van der Waals surface area (Å²) >= 11 is 0. The lowest BCUT2D eigenvalue weighted by Crippen LogP contribution is -2.24. The molecule has 0 amide bonds. The highest BCUT2D eigenvalue weighted by Crippen LogP contribution is 2.12. The molecule has 0 bridgehead atoms. The minimum Gasteiger partial charge on any atom is -0.332 e. The van der Waals surface area contributed by atoms with E-state index in [4.69, 9.17) is 10.8 Å². The molecule has 7 heteroatoms. The second-order valence-corrected chi connectivity index (χ2v) is 3.84. The molecule has 1 aromatic rings. The molecule has 1 atom stereocenters. The molecule has 18 heavy (non-hydrogen) atoms. The van der Waals surface area contributed by atoms with Crippen molar-refractivity contribution >= 4 is 0 Å². The molecule has 1 N–H and O–H groups in total. The third-order valence-electron chi connectivity index (χ3n) is 2.48. The molecular formula is C11H17N7. The number of aryl methyl sites for hydroxylation is 1. The molecule has 1 unspecified atom stereocenters. The van der Waals surface area contributed by atoms with Crippen LogP contribution in [-0.4, -0.2) is 22.6 Å². The van der Waals surface area contributed by atoms with E-state index in [9.17, 15) is 0 Å². The van der Waals surface area contributed by atoms with Crippen molar-refractivity contribution in [2.24, 2.45) is 5.11 Å². The van der Waals surface area contributed by atoms with Crippen molar-refractivity contribution in [3.63, 3.8) is 0 Å². The van der Waals surface area contributed by atoms with E-state index in [1.54, 1.807) is 12.5 Å². The Balaban J connectivity index is 2.52. The van der Waals surface area contributed by atoms with Crippen molar-refractivity contribution < 1.29 is 0 Å². The van der Waals surface area contributed by atoms with Crippen molar-refractivity contribution in [2.75, 3.05) is 13.1 Å². The number of imidazole rings is 1. The van der Waals surface area contributed by atoms with Crippen molar-refractivity contribution in [1.82, 2.24) is 14.9 Å². The van der Waals surface area contributed by atoms with E-state index in [0.29, 0.717) is 19.5 Å². The summed E-state index contributed by atoms with van der Waals surface area (Å²) in [5.41, 5.74) is 9.02. The Kier molecular flexibility index (Phi) is 6.33. The van der Waals surface area contributed by atoms with Gasteiger partial charge in [-0.3, -0.25) is 5.32 Å². The van der Waals surface area contributed by atoms with Gasteiger partial charge in [0.1, 0.15) is 6.04 Å². The van der Waals surface area contributed by atoms with Gasteiger partial charge in [-0.25, -0.2) is 4.98 Å². The Morgan fingerprint density at radius 1 is 1.72 bits per heavy atom. The number of hydrogen-bond acceptors (Lipinski definition) is 4. The quantitative estimate of drug-likeness (QED) is 0.329. The number of nitriles is 1. The number of aromatic nitrogens is 2. The number of hydrogen-bond donors (Lipinski definition) is 1. The van der Waals surface area contributed by atoms with Crippen molar-refractivity contribution in [1.29, 1.82) is 5.26 Å². The second kappa shape index (κ2) is 8.12. The maximum atomic E-state index is 9.16. The molecule has 0 saturated heterocycles. The average Bonchev–Trinajstić information content (AvgIpc) is 2.83. The SMILES string of the molecule is CCCn1cncc1C(C#N)NCCCN=[N+]=[N-]. The van der Waals surface area contributed by atoms with Gasteiger partial charge in [0.05, 0.1) is 24.3 Å². The number of nitrogens with zero attached hydrogens (tertiary/aromatic N) is 6. The van der Waals surface area contributed by atoms with Crippen LogP contribution in [0.1, 0.15) is 31.5 Å². The van der Waals surface area contributed by atoms with Crippen LogP contribution >= 0.6 is 0 Å². The van der Waals surface area contributed by atoms with Crippen LogP contribution in [0.5, 0.6) is 0 Å². The molecular weight excluding hydrogens is 230 g/mol. The Hall–Kier alpha value is -2.03. The Bertz CT molecular complexity index is 438. The van der Waals surface area contributed by atoms with Crippen LogP contribution in [0.15, 0.2) is 17.6 Å². The van der Waals surface area contributed by atoms with Crippen LogP contribution in [0.4, 0.5) is 0 Å². The van der Waals surface area contributed by atoms with Gasteiger partial charge in [-0.1, -0.05) is 12.0 Å². The van der Waals surface area contributed by atoms with Gasteiger partial charge < -0.3 is 4.57 Å². The van der Waals surface area contributed by atoms with Crippen LogP contribution < -0.4 is 5.32 Å². The maximum absolute atomic E-state index is 9.16. The van der Waals surface area contributed by atoms with Gasteiger partial charge in [0.15, 0.2) is 0 Å². The van der Waals surface area contributed by atoms with Crippen LogP contribution in [0.2, 0.25) is 0 Å². The zero-order chi connectivity index (χ0) is 13.2. The molecule has 0 fully saturated rings. The van der Waals surface area contributed by atoms with Crippen LogP contribution in [0.3, 0.4) is 0 Å². The molecule has 1 rings (SSSR count). The topological polar surface area (TPSA) is 102 Å². The van der Waals surface area contributed by atoms with Crippen molar-refractivity contribution in [3.8, 4) is 6.07 Å². The molecule has 1 aromatic heterocycles. The van der Waals surface area contributed by atoms with Crippen LogP contribution in [-0.2, 0) is 6.54 Å². The van der Waals surface area contributed by atoms with Gasteiger partial charge in [-0.05, 0) is 24.9 Å². The summed E-state index contributed by atoms with van der Waals surface area (Å²) in [5, 5.41) is 15.7. The molecule has 1 heterocycles. The number of azide groups is 1. The van der Waals surface area contributed by atoms with E-state index in [0.717, 1.165) is 18.7 Å². The summed E-state index contributed by atoms with van der Waals surface area (Å²) in [6, 6.07) is 1.85.